The van der Waals surface area contributed by atoms with Gasteiger partial charge in [0.15, 0.2) is 0 Å². The highest BCUT2D eigenvalue weighted by Crippen LogP contribution is 2.56. The van der Waals surface area contributed by atoms with Crippen LogP contribution in [0.4, 0.5) is 34.1 Å². The van der Waals surface area contributed by atoms with Crippen LogP contribution >= 0.6 is 0 Å². The fraction of sp³-hybridized carbons (Fsp3) is 0.0976. The molecule has 0 amide bonds. The topological polar surface area (TPSA) is 45.9 Å². The number of furan rings is 3. The van der Waals surface area contributed by atoms with E-state index in [2.05, 4.69) is 300 Å². The monoisotopic (exact) mass is 1120 g/mol. The Kier molecular flexibility index (Phi) is 12.0. The second-order valence-corrected chi connectivity index (χ2v) is 25.2. The van der Waals surface area contributed by atoms with E-state index in [1.165, 1.54) is 11.1 Å². The number of anilines is 6. The van der Waals surface area contributed by atoms with Crippen molar-refractivity contribution in [3.05, 3.63) is 278 Å². The zero-order valence-electron chi connectivity index (χ0n) is 49.5. The second-order valence-electron chi connectivity index (χ2n) is 25.2. The van der Waals surface area contributed by atoms with E-state index in [0.717, 1.165) is 155 Å². The van der Waals surface area contributed by atoms with Gasteiger partial charge in [-0.3, -0.25) is 0 Å². The molecule has 16 rings (SSSR count). The number of rotatable bonds is 9. The molecule has 5 nitrogen and oxygen atoms in total. The van der Waals surface area contributed by atoms with Gasteiger partial charge in [-0.2, -0.15) is 0 Å². The van der Waals surface area contributed by atoms with E-state index in [4.69, 9.17) is 13.3 Å². The highest BCUT2D eigenvalue weighted by atomic mass is 16.3. The van der Waals surface area contributed by atoms with Crippen molar-refractivity contribution in [2.45, 2.75) is 52.4 Å². The van der Waals surface area contributed by atoms with Crippen LogP contribution in [0.2, 0.25) is 0 Å². The van der Waals surface area contributed by atoms with Crippen LogP contribution in [0.3, 0.4) is 0 Å². The second kappa shape index (κ2) is 20.0. The molecular weight excluding hydrogens is 1060 g/mol. The van der Waals surface area contributed by atoms with Crippen LogP contribution < -0.4 is 9.80 Å². The predicted molar refractivity (Wildman–Crippen MR) is 366 cm³/mol. The molecule has 3 heterocycles. The summed E-state index contributed by atoms with van der Waals surface area (Å²) < 4.78 is 20.5. The van der Waals surface area contributed by atoms with Gasteiger partial charge in [0, 0.05) is 66.5 Å². The molecule has 0 spiro atoms. The minimum atomic E-state index is -0.0438. The summed E-state index contributed by atoms with van der Waals surface area (Å²) in [5.41, 5.74) is 20.2. The van der Waals surface area contributed by atoms with Gasteiger partial charge >= 0.3 is 0 Å². The summed E-state index contributed by atoms with van der Waals surface area (Å²) in [4.78, 5) is 4.83. The number of hydrogen-bond acceptors (Lipinski definition) is 5. The first kappa shape index (κ1) is 52.0. The highest BCUT2D eigenvalue weighted by molar-refractivity contribution is 6.28. The van der Waals surface area contributed by atoms with Crippen LogP contribution in [0.15, 0.2) is 280 Å². The van der Waals surface area contributed by atoms with Gasteiger partial charge in [-0.15, -0.1) is 0 Å². The van der Waals surface area contributed by atoms with Gasteiger partial charge in [0.05, 0.1) is 11.1 Å². The summed E-state index contributed by atoms with van der Waals surface area (Å²) in [6, 6.07) is 97.0. The Morgan fingerprint density at radius 1 is 0.264 bits per heavy atom. The predicted octanol–water partition coefficient (Wildman–Crippen LogP) is 24.2. The lowest BCUT2D eigenvalue weighted by Gasteiger charge is -2.29. The van der Waals surface area contributed by atoms with Gasteiger partial charge in [0.25, 0.3) is 0 Å². The van der Waals surface area contributed by atoms with Gasteiger partial charge in [-0.05, 0) is 163 Å². The first-order chi connectivity index (χ1) is 42.4. The van der Waals surface area contributed by atoms with Crippen LogP contribution in [0, 0.1) is 0 Å². The molecule has 418 valence electrons. The van der Waals surface area contributed by atoms with Crippen molar-refractivity contribution >= 4 is 121 Å². The average molecular weight is 1120 g/mol. The molecule has 5 heteroatoms. The van der Waals surface area contributed by atoms with E-state index in [1.807, 2.05) is 18.2 Å². The molecule has 0 radical (unpaired) electrons. The molecule has 0 saturated heterocycles. The zero-order chi connectivity index (χ0) is 58.7. The van der Waals surface area contributed by atoms with Crippen LogP contribution in [0.25, 0.3) is 121 Å². The molecule has 87 heavy (non-hydrogen) atoms. The molecule has 16 aromatic rings. The third kappa shape index (κ3) is 8.67. The van der Waals surface area contributed by atoms with Crippen molar-refractivity contribution in [3.63, 3.8) is 0 Å². The lowest BCUT2D eigenvalue weighted by molar-refractivity contribution is 0.590. The first-order valence-corrected chi connectivity index (χ1v) is 30.1. The summed E-state index contributed by atoms with van der Waals surface area (Å²) in [6.07, 6.45) is 0. The molecule has 0 N–H and O–H groups in total. The molecular formula is C82H62N2O3. The van der Waals surface area contributed by atoms with E-state index in [0.29, 0.717) is 0 Å². The third-order valence-electron chi connectivity index (χ3n) is 17.8. The first-order valence-electron chi connectivity index (χ1n) is 30.1. The highest BCUT2D eigenvalue weighted by Gasteiger charge is 2.31. The van der Waals surface area contributed by atoms with E-state index >= 15 is 0 Å². The van der Waals surface area contributed by atoms with E-state index in [1.54, 1.807) is 0 Å². The normalized spacial score (nSPS) is 12.3. The number of hydrogen-bond donors (Lipinski definition) is 0. The quantitative estimate of drug-likeness (QED) is 0.135. The van der Waals surface area contributed by atoms with Crippen molar-refractivity contribution in [2.24, 2.45) is 0 Å². The molecule has 3 aromatic heterocycles. The Bertz CT molecular complexity index is 5350. The number of fused-ring (bicyclic) bond motifs is 12. The fourth-order valence-electron chi connectivity index (χ4n) is 13.4. The molecule has 0 aliphatic rings. The lowest BCUT2D eigenvalue weighted by Crippen LogP contribution is -2.13. The number of benzene rings is 13. The molecule has 0 bridgehead atoms. The summed E-state index contributed by atoms with van der Waals surface area (Å²) in [6.45, 7) is 13.6. The van der Waals surface area contributed by atoms with Crippen LogP contribution in [-0.2, 0) is 10.8 Å². The van der Waals surface area contributed by atoms with E-state index in [9.17, 15) is 0 Å². The summed E-state index contributed by atoms with van der Waals surface area (Å²) >= 11 is 0. The SMILES string of the molecule is CC(C)(C)c1ccc(N(c2ccc3oc4ccccc4c3c2)c2ccc3c(-c4ccccc4)c(-c4c(-c5ccccc5)cc(N(c5ccc(C(C)(C)C)cc5)c5ccc6oc7ccccc7c6c5)c5c4oc4ccccc45)c4ccccc4c3c2)cc1. The van der Waals surface area contributed by atoms with E-state index < -0.39 is 0 Å². The molecule has 0 aliphatic carbocycles. The number of para-hydroxylation sites is 3. The van der Waals surface area contributed by atoms with Crippen molar-refractivity contribution in [1.29, 1.82) is 0 Å². The smallest absolute Gasteiger partial charge is 0.146 e. The molecule has 0 atom stereocenters. The maximum atomic E-state index is 7.57. The molecule has 0 unspecified atom stereocenters. The average Bonchev–Trinajstić information content (AvgIpc) is 1.82. The fourth-order valence-corrected chi connectivity index (χ4v) is 13.4. The van der Waals surface area contributed by atoms with Gasteiger partial charge in [0.1, 0.15) is 33.5 Å². The van der Waals surface area contributed by atoms with Gasteiger partial charge < -0.3 is 23.1 Å². The minimum absolute atomic E-state index is 0.0109. The van der Waals surface area contributed by atoms with Crippen LogP contribution in [0.5, 0.6) is 0 Å². The van der Waals surface area contributed by atoms with Gasteiger partial charge in [-0.1, -0.05) is 211 Å². The Labute approximate surface area is 505 Å². The van der Waals surface area contributed by atoms with Crippen molar-refractivity contribution < 1.29 is 13.3 Å². The molecule has 0 aliphatic heterocycles. The summed E-state index contributed by atoms with van der Waals surface area (Å²) in [5, 5.41) is 10.9. The van der Waals surface area contributed by atoms with Gasteiger partial charge in [0.2, 0.25) is 0 Å². The van der Waals surface area contributed by atoms with Crippen LogP contribution in [-0.4, -0.2) is 0 Å². The van der Waals surface area contributed by atoms with Crippen molar-refractivity contribution in [3.8, 4) is 33.4 Å². The largest absolute Gasteiger partial charge is 0.456 e. The number of nitrogens with zero attached hydrogens (tertiary/aromatic N) is 2. The minimum Gasteiger partial charge on any atom is -0.456 e. The van der Waals surface area contributed by atoms with E-state index in [-0.39, 0.29) is 10.8 Å². The van der Waals surface area contributed by atoms with Crippen LogP contribution in [0.1, 0.15) is 52.7 Å². The Morgan fingerprint density at radius 2 is 0.667 bits per heavy atom. The zero-order valence-corrected chi connectivity index (χ0v) is 49.5. The molecule has 13 aromatic carbocycles. The Hall–Kier alpha value is -10.6. The van der Waals surface area contributed by atoms with Gasteiger partial charge in [-0.25, -0.2) is 0 Å². The summed E-state index contributed by atoms with van der Waals surface area (Å²) in [5.74, 6) is 0. The van der Waals surface area contributed by atoms with Crippen molar-refractivity contribution in [1.82, 2.24) is 0 Å². The maximum absolute atomic E-state index is 7.57. The molecule has 0 fully saturated rings. The van der Waals surface area contributed by atoms with Crippen molar-refractivity contribution in [2.75, 3.05) is 9.80 Å². The molecule has 0 saturated carbocycles. The third-order valence-corrected chi connectivity index (χ3v) is 17.8. The maximum Gasteiger partial charge on any atom is 0.146 e. The standard InChI is InChI=1S/C82H62N2O3/c1-81(2,3)53-33-37-55(38-34-53)83(58-42-45-74-68(48-58)61-26-15-18-30-71(61)85-74)57-41-44-64-67(47-57)60-25-13-14-28-63(60)78(76(64)52-23-11-8-12-24-52)79-66(51-21-9-7-10-22-51)50-70(77-65-29-17-20-32-73(65)87-80(77)79)84(56-39-35-54(36-40-56)82(4,5)6)59-43-46-75-69(49-59)62-27-16-19-31-72(62)86-75/h7-50H,1-6H3. The lowest BCUT2D eigenvalue weighted by atomic mass is 9.81. The Balaban J connectivity index is 1.00. The summed E-state index contributed by atoms with van der Waals surface area (Å²) in [7, 11) is 0. The Morgan fingerprint density at radius 3 is 1.22 bits per heavy atom.